The van der Waals surface area contributed by atoms with Gasteiger partial charge in [-0.2, -0.15) is 0 Å². The van der Waals surface area contributed by atoms with Crippen molar-refractivity contribution in [1.82, 2.24) is 4.90 Å². The maximum Gasteiger partial charge on any atom is 0.327 e. The molecule has 0 unspecified atom stereocenters. The number of ether oxygens (including phenoxy) is 1. The Morgan fingerprint density at radius 3 is 3.14 bits per heavy atom. The molecule has 0 N–H and O–H groups in total. The molecule has 21 heavy (non-hydrogen) atoms. The fourth-order valence-corrected chi connectivity index (χ4v) is 3.17. The minimum Gasteiger partial charge on any atom is -0.468 e. The molecule has 0 spiro atoms. The Balaban J connectivity index is 2.22. The highest BCUT2D eigenvalue weighted by molar-refractivity contribution is 7.10. The number of esters is 1. The van der Waals surface area contributed by atoms with E-state index in [4.69, 9.17) is 25.9 Å². The topological polar surface area (TPSA) is 29.5 Å². The molecule has 0 fully saturated rings. The van der Waals surface area contributed by atoms with Crippen molar-refractivity contribution in [3.63, 3.8) is 0 Å². The normalized spacial score (nSPS) is 22.5. The average molecular weight is 329 g/mol. The first-order chi connectivity index (χ1) is 13.0. The van der Waals surface area contributed by atoms with Crippen LogP contribution in [0.25, 0.3) is 0 Å². The first kappa shape index (κ1) is 8.32. The summed E-state index contributed by atoms with van der Waals surface area (Å²) in [7, 11) is 1.09. The third-order valence-electron chi connectivity index (χ3n) is 3.24. The summed E-state index contributed by atoms with van der Waals surface area (Å²) < 4.78 is 61.4. The van der Waals surface area contributed by atoms with Crippen molar-refractivity contribution in [2.24, 2.45) is 0 Å². The van der Waals surface area contributed by atoms with Crippen LogP contribution in [0.3, 0.4) is 0 Å². The van der Waals surface area contributed by atoms with Crippen LogP contribution < -0.4 is 0 Å². The lowest BCUT2D eigenvalue weighted by atomic mass is 10.0. The minimum atomic E-state index is -2.34. The summed E-state index contributed by atoms with van der Waals surface area (Å²) in [6.07, 6.45) is 0.394. The summed E-state index contributed by atoms with van der Waals surface area (Å²) in [6, 6.07) is -4.60. The van der Waals surface area contributed by atoms with E-state index in [0.29, 0.717) is 12.0 Å². The number of benzene rings is 1. The number of rotatable bonds is 3. The Morgan fingerprint density at radius 2 is 2.33 bits per heavy atom. The number of nitrogens with zero attached hydrogens (tertiary/aromatic N) is 1. The second-order valence-electron chi connectivity index (χ2n) is 4.43. The van der Waals surface area contributed by atoms with Crippen molar-refractivity contribution < 1.29 is 19.1 Å². The van der Waals surface area contributed by atoms with E-state index in [-0.39, 0.29) is 30.1 Å². The van der Waals surface area contributed by atoms with Gasteiger partial charge in [-0.25, -0.2) is 4.79 Å². The third-order valence-corrected chi connectivity index (χ3v) is 4.43. The highest BCUT2D eigenvalue weighted by Crippen LogP contribution is 2.33. The highest BCUT2D eigenvalue weighted by atomic mass is 35.5. The van der Waals surface area contributed by atoms with Gasteiger partial charge in [-0.1, -0.05) is 29.7 Å². The van der Waals surface area contributed by atoms with Gasteiger partial charge in [-0.3, -0.25) is 4.90 Å². The molecule has 1 aromatic heterocycles. The molecule has 2 heterocycles. The van der Waals surface area contributed by atoms with Gasteiger partial charge >= 0.3 is 5.97 Å². The zero-order chi connectivity index (χ0) is 21.0. The number of methoxy groups -OCH3 is 1. The van der Waals surface area contributed by atoms with Crippen LogP contribution in [0.4, 0.5) is 0 Å². The van der Waals surface area contributed by atoms with Gasteiger partial charge in [0.05, 0.1) is 16.7 Å². The van der Waals surface area contributed by atoms with Crippen molar-refractivity contribution in [2.75, 3.05) is 13.7 Å². The van der Waals surface area contributed by atoms with Crippen LogP contribution in [0.15, 0.2) is 35.6 Å². The lowest BCUT2D eigenvalue weighted by Gasteiger charge is -2.33. The van der Waals surface area contributed by atoms with Gasteiger partial charge in [0.25, 0.3) is 0 Å². The molecule has 1 aliphatic rings. The van der Waals surface area contributed by atoms with E-state index >= 15 is 0 Å². The smallest absolute Gasteiger partial charge is 0.327 e. The number of hydrogen-bond donors (Lipinski definition) is 0. The zero-order valence-electron chi connectivity index (χ0n) is 18.2. The molecule has 3 nitrogen and oxygen atoms in total. The Bertz CT molecular complexity index is 954. The van der Waals surface area contributed by atoms with Crippen LogP contribution in [0.1, 0.15) is 31.6 Å². The number of hydrogen-bond acceptors (Lipinski definition) is 4. The molecule has 0 aliphatic carbocycles. The zero-order valence-corrected chi connectivity index (χ0v) is 12.7. The van der Waals surface area contributed by atoms with Gasteiger partial charge in [0.2, 0.25) is 0 Å². The van der Waals surface area contributed by atoms with E-state index in [1.165, 1.54) is 16.2 Å². The molecule has 0 radical (unpaired) electrons. The number of thiophene rings is 1. The molecule has 2 aromatic rings. The van der Waals surface area contributed by atoms with Gasteiger partial charge in [0.1, 0.15) is 6.02 Å². The molecular formula is C16H16ClNO2S. The van der Waals surface area contributed by atoms with E-state index in [2.05, 4.69) is 0 Å². The number of carbonyl (C=O) groups excluding carboxylic acids is 1. The lowest BCUT2D eigenvalue weighted by Crippen LogP contribution is -2.38. The van der Waals surface area contributed by atoms with E-state index in [1.54, 1.807) is 0 Å². The summed E-state index contributed by atoms with van der Waals surface area (Å²) in [5.74, 6) is -1.05. The Hall–Kier alpha value is -1.36. The van der Waals surface area contributed by atoms with Gasteiger partial charge in [0.15, 0.2) is 0 Å². The predicted molar refractivity (Wildman–Crippen MR) is 84.6 cm³/mol. The van der Waals surface area contributed by atoms with Crippen molar-refractivity contribution in [3.05, 3.63) is 56.6 Å². The molecule has 1 atom stereocenters. The molecule has 0 saturated carbocycles. The molecule has 1 aromatic carbocycles. The Labute approximate surface area is 142 Å². The van der Waals surface area contributed by atoms with Crippen LogP contribution in [-0.2, 0) is 22.5 Å². The molecule has 0 amide bonds. The van der Waals surface area contributed by atoms with Gasteiger partial charge < -0.3 is 4.74 Å². The van der Waals surface area contributed by atoms with Gasteiger partial charge in [0, 0.05) is 23.0 Å². The van der Waals surface area contributed by atoms with Crippen LogP contribution in [-0.4, -0.2) is 24.5 Å². The molecule has 110 valence electrons. The maximum atomic E-state index is 12.7. The quantitative estimate of drug-likeness (QED) is 0.805. The summed E-state index contributed by atoms with van der Waals surface area (Å²) in [5.41, 5.74) is 0.141. The Morgan fingerprint density at radius 1 is 1.52 bits per heavy atom. The van der Waals surface area contributed by atoms with Crippen LogP contribution >= 0.6 is 22.9 Å². The molecule has 3 rings (SSSR count). The van der Waals surface area contributed by atoms with Crippen LogP contribution in [0.2, 0.25) is 5.02 Å². The van der Waals surface area contributed by atoms with Crippen molar-refractivity contribution >= 4 is 28.9 Å². The summed E-state index contributed by atoms with van der Waals surface area (Å²) in [4.78, 5) is 14.9. The van der Waals surface area contributed by atoms with Crippen LogP contribution in [0, 0.1) is 0 Å². The number of halogens is 1. The number of carbonyl (C=O) groups is 1. The monoisotopic (exact) mass is 328 g/mol. The highest BCUT2D eigenvalue weighted by Gasteiger charge is 2.32. The van der Waals surface area contributed by atoms with E-state index in [9.17, 15) is 4.79 Å². The summed E-state index contributed by atoms with van der Waals surface area (Å²) in [5, 5.41) is -0.324. The van der Waals surface area contributed by atoms with Gasteiger partial charge in [-0.05, 0) is 35.0 Å². The van der Waals surface area contributed by atoms with E-state index < -0.39 is 41.2 Å². The molecule has 0 bridgehead atoms. The molecule has 5 heteroatoms. The first-order valence-electron chi connectivity index (χ1n) is 9.73. The second kappa shape index (κ2) is 6.18. The predicted octanol–water partition coefficient (Wildman–Crippen LogP) is 3.67. The van der Waals surface area contributed by atoms with Gasteiger partial charge in [-0.15, -0.1) is 11.3 Å². The minimum absolute atomic E-state index is 0.0127. The maximum absolute atomic E-state index is 12.7. The summed E-state index contributed by atoms with van der Waals surface area (Å²) >= 11 is 7.37. The fraction of sp³-hybridized carbons (Fsp3) is 0.312. The van der Waals surface area contributed by atoms with E-state index in [0.717, 1.165) is 12.0 Å². The third kappa shape index (κ3) is 2.84. The Kier molecular flexibility index (Phi) is 2.45. The SMILES string of the molecule is [2H]c1sc2c(c1[2H])CN([C@@]([2H])(C(=O)OC)c1c([2H])c([2H])c([2H])c([2H])c1Cl)CC2. The standard InChI is InChI=1S/C16H16ClNO2S/c1-20-16(19)15(12-4-2-3-5-13(12)17)18-8-6-14-11(10-18)7-9-21-14/h2-5,7,9,15H,6,8,10H2,1H3/t15-/m1/s1/i2D,3D,4D,5D,7D,9D,15D. The molecule has 0 saturated heterocycles. The largest absolute Gasteiger partial charge is 0.468 e. The lowest BCUT2D eigenvalue weighted by molar-refractivity contribution is -0.147. The second-order valence-corrected chi connectivity index (χ2v) is 5.71. The summed E-state index contributed by atoms with van der Waals surface area (Å²) in [6.45, 7) is 0.186. The van der Waals surface area contributed by atoms with Crippen molar-refractivity contribution in [1.29, 1.82) is 0 Å². The number of fused-ring (bicyclic) bond motifs is 1. The van der Waals surface area contributed by atoms with Crippen molar-refractivity contribution in [3.8, 4) is 0 Å². The van der Waals surface area contributed by atoms with Crippen molar-refractivity contribution in [2.45, 2.75) is 19.0 Å². The van der Waals surface area contributed by atoms with E-state index in [1.807, 2.05) is 0 Å². The molecular weight excluding hydrogens is 306 g/mol. The fourth-order valence-electron chi connectivity index (χ4n) is 2.25. The molecule has 1 aliphatic heterocycles. The first-order valence-corrected chi connectivity index (χ1v) is 7.42. The van der Waals surface area contributed by atoms with Crippen LogP contribution in [0.5, 0.6) is 0 Å². The average Bonchev–Trinajstić information content (AvgIpc) is 2.97.